The number of allylic oxidation sites excluding steroid dienone is 1. The van der Waals surface area contributed by atoms with Crippen molar-refractivity contribution in [1.29, 1.82) is 0 Å². The number of rotatable bonds is 0. The molecule has 0 fully saturated rings. The first kappa shape index (κ1) is 10.9. The summed E-state index contributed by atoms with van der Waals surface area (Å²) in [6.07, 6.45) is 1.09. The average Bonchev–Trinajstić information content (AvgIpc) is 1.88. The summed E-state index contributed by atoms with van der Waals surface area (Å²) < 4.78 is 8.08. The smallest absolute Gasteiger partial charge is 0.438 e. The molecule has 0 aliphatic heterocycles. The van der Waals surface area contributed by atoms with Crippen LogP contribution in [0.15, 0.2) is 12.7 Å². The fraction of sp³-hybridized carbons (Fsp3) is 0.500. The molecular weight excluding hydrogens is 120 g/mol. The Hall–Kier alpha value is -0.990. The molecule has 0 aromatic carbocycles. The monoisotopic (exact) mass is 132 g/mol. The van der Waals surface area contributed by atoms with Gasteiger partial charge >= 0.3 is 6.16 Å². The van der Waals surface area contributed by atoms with Gasteiger partial charge in [0, 0.05) is 0 Å². The molecule has 0 bridgehead atoms. The van der Waals surface area contributed by atoms with E-state index in [2.05, 4.69) is 16.1 Å². The van der Waals surface area contributed by atoms with E-state index in [1.807, 2.05) is 6.92 Å². The molecule has 0 saturated carbocycles. The highest BCUT2D eigenvalue weighted by molar-refractivity contribution is 5.59. The average molecular weight is 132 g/mol. The Labute approximate surface area is 55.3 Å². The van der Waals surface area contributed by atoms with Crippen LogP contribution < -0.4 is 0 Å². The topological polar surface area (TPSA) is 35.5 Å². The van der Waals surface area contributed by atoms with Gasteiger partial charge < -0.3 is 9.47 Å². The maximum Gasteiger partial charge on any atom is 0.507 e. The molecule has 0 saturated heterocycles. The van der Waals surface area contributed by atoms with Crippen LogP contribution in [-0.2, 0) is 9.47 Å². The van der Waals surface area contributed by atoms with E-state index in [-0.39, 0.29) is 0 Å². The van der Waals surface area contributed by atoms with Crippen molar-refractivity contribution in [2.75, 3.05) is 14.2 Å². The Kier molecular flexibility index (Phi) is 12.2. The third kappa shape index (κ3) is 19.4. The summed E-state index contributed by atoms with van der Waals surface area (Å²) in [6.45, 7) is 5.25. The quantitative estimate of drug-likeness (QED) is 0.371. The van der Waals surface area contributed by atoms with Gasteiger partial charge in [-0.25, -0.2) is 4.79 Å². The third-order valence-corrected chi connectivity index (χ3v) is 0.333. The van der Waals surface area contributed by atoms with Gasteiger partial charge in [0.15, 0.2) is 0 Å². The van der Waals surface area contributed by atoms with Crippen LogP contribution in [0.2, 0.25) is 0 Å². The maximum atomic E-state index is 9.74. The Morgan fingerprint density at radius 3 is 1.67 bits per heavy atom. The molecule has 0 aliphatic rings. The van der Waals surface area contributed by atoms with Crippen LogP contribution in [0.3, 0.4) is 0 Å². The minimum atomic E-state index is -0.657. The molecule has 0 rings (SSSR count). The van der Waals surface area contributed by atoms with Crippen molar-refractivity contribution >= 4 is 6.16 Å². The van der Waals surface area contributed by atoms with Gasteiger partial charge in [-0.15, -0.1) is 6.58 Å². The number of carbonyl (C=O) groups is 1. The lowest BCUT2D eigenvalue weighted by Gasteiger charge is -1.89. The highest BCUT2D eigenvalue weighted by atomic mass is 16.7. The van der Waals surface area contributed by atoms with Crippen LogP contribution >= 0.6 is 0 Å². The van der Waals surface area contributed by atoms with Crippen molar-refractivity contribution in [1.82, 2.24) is 0 Å². The number of hydrogen-bond donors (Lipinski definition) is 0. The van der Waals surface area contributed by atoms with E-state index in [0.29, 0.717) is 0 Å². The van der Waals surface area contributed by atoms with E-state index < -0.39 is 6.16 Å². The summed E-state index contributed by atoms with van der Waals surface area (Å²) in [6, 6.07) is 0. The van der Waals surface area contributed by atoms with Crippen molar-refractivity contribution in [3.63, 3.8) is 0 Å². The van der Waals surface area contributed by atoms with Crippen molar-refractivity contribution < 1.29 is 14.3 Å². The molecule has 0 aliphatic carbocycles. The number of methoxy groups -OCH3 is 2. The largest absolute Gasteiger partial charge is 0.507 e. The highest BCUT2D eigenvalue weighted by Crippen LogP contribution is 1.72. The predicted octanol–water partition coefficient (Wildman–Crippen LogP) is 1.59. The van der Waals surface area contributed by atoms with Crippen molar-refractivity contribution in [3.8, 4) is 0 Å². The molecule has 3 nitrogen and oxygen atoms in total. The number of carbonyl (C=O) groups excluding carboxylic acids is 1. The summed E-state index contributed by atoms with van der Waals surface area (Å²) in [4.78, 5) is 9.74. The Balaban J connectivity index is 0. The minimum Gasteiger partial charge on any atom is -0.438 e. The zero-order chi connectivity index (χ0) is 7.70. The lowest BCUT2D eigenvalue weighted by atomic mass is 10.8. The van der Waals surface area contributed by atoms with Gasteiger partial charge in [-0.2, -0.15) is 0 Å². The fourth-order valence-corrected chi connectivity index (χ4v) is 0.0833. The second-order valence-corrected chi connectivity index (χ2v) is 1.07. The lowest BCUT2D eigenvalue weighted by Crippen LogP contribution is -1.97. The van der Waals surface area contributed by atoms with Gasteiger partial charge in [0.2, 0.25) is 0 Å². The first-order chi connectivity index (χ1) is 4.22. The van der Waals surface area contributed by atoms with Gasteiger partial charge in [0.05, 0.1) is 14.2 Å². The van der Waals surface area contributed by atoms with Crippen molar-refractivity contribution in [3.05, 3.63) is 12.7 Å². The minimum absolute atomic E-state index is 0.657. The molecule has 0 amide bonds. The highest BCUT2D eigenvalue weighted by Gasteiger charge is 1.88. The van der Waals surface area contributed by atoms with Gasteiger partial charge in [0.1, 0.15) is 0 Å². The standard InChI is InChI=1S/C3H6O3.C3H6/c1-5-3(4)6-2;1-3-2/h1-2H3;3H,1H2,2H3. The molecule has 0 unspecified atom stereocenters. The summed E-state index contributed by atoms with van der Waals surface area (Å²) in [5.41, 5.74) is 0. The van der Waals surface area contributed by atoms with Crippen LogP contribution in [0.4, 0.5) is 4.79 Å². The molecule has 54 valence electrons. The fourth-order valence-electron chi connectivity index (χ4n) is 0.0833. The van der Waals surface area contributed by atoms with E-state index in [9.17, 15) is 4.79 Å². The molecule has 0 radical (unpaired) electrons. The molecule has 0 spiro atoms. The van der Waals surface area contributed by atoms with E-state index >= 15 is 0 Å². The number of hydrogen-bond acceptors (Lipinski definition) is 3. The molecule has 9 heavy (non-hydrogen) atoms. The predicted molar refractivity (Wildman–Crippen MR) is 35.3 cm³/mol. The van der Waals surface area contributed by atoms with Crippen LogP contribution in [-0.4, -0.2) is 20.4 Å². The molecule has 3 heteroatoms. The summed E-state index contributed by atoms with van der Waals surface area (Å²) in [5.74, 6) is 0. The molecule has 0 heterocycles. The molecule has 0 atom stereocenters. The third-order valence-electron chi connectivity index (χ3n) is 0.333. The second-order valence-electron chi connectivity index (χ2n) is 1.07. The maximum absolute atomic E-state index is 9.74. The Bertz CT molecular complexity index is 72.4. The second kappa shape index (κ2) is 10.1. The van der Waals surface area contributed by atoms with E-state index in [1.54, 1.807) is 6.08 Å². The van der Waals surface area contributed by atoms with E-state index in [4.69, 9.17) is 0 Å². The first-order valence-corrected chi connectivity index (χ1v) is 2.41. The zero-order valence-electron chi connectivity index (χ0n) is 6.01. The zero-order valence-corrected chi connectivity index (χ0v) is 6.01. The van der Waals surface area contributed by atoms with Crippen molar-refractivity contribution in [2.24, 2.45) is 0 Å². The van der Waals surface area contributed by atoms with Crippen LogP contribution in [0, 0.1) is 0 Å². The normalized spacial score (nSPS) is 6.11. The Morgan fingerprint density at radius 2 is 1.67 bits per heavy atom. The van der Waals surface area contributed by atoms with Gasteiger partial charge in [-0.1, -0.05) is 6.08 Å². The molecule has 0 N–H and O–H groups in total. The van der Waals surface area contributed by atoms with E-state index in [0.717, 1.165) is 0 Å². The van der Waals surface area contributed by atoms with Gasteiger partial charge in [-0.3, -0.25) is 0 Å². The van der Waals surface area contributed by atoms with E-state index in [1.165, 1.54) is 14.2 Å². The first-order valence-electron chi connectivity index (χ1n) is 2.41. The molecular formula is C6H12O3. The van der Waals surface area contributed by atoms with Gasteiger partial charge in [0.25, 0.3) is 0 Å². The lowest BCUT2D eigenvalue weighted by molar-refractivity contribution is 0.0924. The summed E-state index contributed by atoms with van der Waals surface area (Å²) in [5, 5.41) is 0. The summed E-state index contributed by atoms with van der Waals surface area (Å²) in [7, 11) is 2.51. The van der Waals surface area contributed by atoms with Crippen LogP contribution in [0.25, 0.3) is 0 Å². The van der Waals surface area contributed by atoms with Gasteiger partial charge in [-0.05, 0) is 6.92 Å². The van der Waals surface area contributed by atoms with Crippen molar-refractivity contribution in [2.45, 2.75) is 6.92 Å². The summed E-state index contributed by atoms with van der Waals surface area (Å²) >= 11 is 0. The molecule has 0 aromatic heterocycles. The molecule has 0 aromatic rings. The van der Waals surface area contributed by atoms with Crippen LogP contribution in [0.5, 0.6) is 0 Å². The number of ether oxygens (including phenoxy) is 2. The SMILES string of the molecule is C=CC.COC(=O)OC. The van der Waals surface area contributed by atoms with Crippen LogP contribution in [0.1, 0.15) is 6.92 Å². The Morgan fingerprint density at radius 1 is 1.44 bits per heavy atom.